The van der Waals surface area contributed by atoms with Gasteiger partial charge in [-0.05, 0) is 29.8 Å². The topological polar surface area (TPSA) is 96.0 Å². The van der Waals surface area contributed by atoms with Gasteiger partial charge >= 0.3 is 5.97 Å². The molecule has 2 aromatic rings. The van der Waals surface area contributed by atoms with Gasteiger partial charge < -0.3 is 24.3 Å². The van der Waals surface area contributed by atoms with Gasteiger partial charge in [-0.25, -0.2) is 9.78 Å². The maximum absolute atomic E-state index is 12.3. The van der Waals surface area contributed by atoms with Crippen LogP contribution in [0.5, 0.6) is 17.2 Å². The molecule has 2 rings (SSSR count). The number of nitrogens with one attached hydrogen (secondary N) is 1. The van der Waals surface area contributed by atoms with E-state index < -0.39 is 5.97 Å². The molecule has 0 aliphatic rings. The van der Waals surface area contributed by atoms with Gasteiger partial charge in [-0.3, -0.25) is 4.79 Å². The Morgan fingerprint density at radius 3 is 2.19 bits per heavy atom. The zero-order chi connectivity index (χ0) is 19.1. The normalized spacial score (nSPS) is 10.0. The number of esters is 1. The minimum absolute atomic E-state index is 0.0564. The van der Waals surface area contributed by atoms with Crippen molar-refractivity contribution in [3.05, 3.63) is 41.6 Å². The molecule has 1 aromatic carbocycles. The Hall–Kier alpha value is -3.29. The van der Waals surface area contributed by atoms with Gasteiger partial charge in [0.15, 0.2) is 11.5 Å². The van der Waals surface area contributed by atoms with E-state index >= 15 is 0 Å². The van der Waals surface area contributed by atoms with E-state index in [1.165, 1.54) is 46.8 Å². The van der Waals surface area contributed by atoms with Crippen LogP contribution in [0.2, 0.25) is 0 Å². The van der Waals surface area contributed by atoms with E-state index in [2.05, 4.69) is 15.0 Å². The van der Waals surface area contributed by atoms with Crippen LogP contribution in [0.4, 0.5) is 5.82 Å². The van der Waals surface area contributed by atoms with Crippen molar-refractivity contribution in [2.45, 2.75) is 6.42 Å². The Labute approximate surface area is 151 Å². The minimum Gasteiger partial charge on any atom is -0.493 e. The largest absolute Gasteiger partial charge is 0.493 e. The van der Waals surface area contributed by atoms with Crippen molar-refractivity contribution in [1.29, 1.82) is 0 Å². The summed E-state index contributed by atoms with van der Waals surface area (Å²) in [5.41, 5.74) is 0.965. The number of carbonyl (C=O) groups excluding carboxylic acids is 2. The summed E-state index contributed by atoms with van der Waals surface area (Å²) >= 11 is 0. The van der Waals surface area contributed by atoms with Gasteiger partial charge in [0.2, 0.25) is 11.7 Å². The average molecular weight is 360 g/mol. The second-order valence-corrected chi connectivity index (χ2v) is 5.18. The van der Waals surface area contributed by atoms with Crippen LogP contribution in [0.3, 0.4) is 0 Å². The molecule has 26 heavy (non-hydrogen) atoms. The zero-order valence-corrected chi connectivity index (χ0v) is 15.0. The molecule has 1 amide bonds. The molecule has 1 N–H and O–H groups in total. The molecular formula is C18H20N2O6. The smallest absolute Gasteiger partial charge is 0.338 e. The number of rotatable bonds is 7. The monoisotopic (exact) mass is 360 g/mol. The van der Waals surface area contributed by atoms with E-state index in [0.29, 0.717) is 28.4 Å². The van der Waals surface area contributed by atoms with Gasteiger partial charge in [0, 0.05) is 6.20 Å². The van der Waals surface area contributed by atoms with Gasteiger partial charge in [0.1, 0.15) is 5.82 Å². The van der Waals surface area contributed by atoms with Crippen molar-refractivity contribution in [3.8, 4) is 17.2 Å². The molecule has 0 fully saturated rings. The Bertz CT molecular complexity index is 781. The van der Waals surface area contributed by atoms with E-state index in [-0.39, 0.29) is 18.1 Å². The highest BCUT2D eigenvalue weighted by Crippen LogP contribution is 2.38. The van der Waals surface area contributed by atoms with Crippen molar-refractivity contribution < 1.29 is 28.5 Å². The van der Waals surface area contributed by atoms with Crippen LogP contribution in [-0.2, 0) is 16.0 Å². The number of amides is 1. The van der Waals surface area contributed by atoms with Gasteiger partial charge in [0.05, 0.1) is 40.4 Å². The number of ether oxygens (including phenoxy) is 4. The summed E-state index contributed by atoms with van der Waals surface area (Å²) < 4.78 is 20.4. The van der Waals surface area contributed by atoms with Crippen molar-refractivity contribution in [1.82, 2.24) is 4.98 Å². The van der Waals surface area contributed by atoms with Gasteiger partial charge in [0.25, 0.3) is 0 Å². The van der Waals surface area contributed by atoms with Crippen molar-refractivity contribution >= 4 is 17.7 Å². The molecule has 0 saturated carbocycles. The lowest BCUT2D eigenvalue weighted by atomic mass is 10.1. The number of pyridine rings is 1. The molecule has 138 valence electrons. The second-order valence-electron chi connectivity index (χ2n) is 5.18. The van der Waals surface area contributed by atoms with Crippen LogP contribution in [0, 0.1) is 0 Å². The summed E-state index contributed by atoms with van der Waals surface area (Å²) in [7, 11) is 5.80. The third-order valence-corrected chi connectivity index (χ3v) is 3.54. The van der Waals surface area contributed by atoms with E-state index in [4.69, 9.17) is 14.2 Å². The first-order chi connectivity index (χ1) is 12.5. The van der Waals surface area contributed by atoms with E-state index in [9.17, 15) is 9.59 Å². The molecule has 0 radical (unpaired) electrons. The highest BCUT2D eigenvalue weighted by molar-refractivity contribution is 5.94. The summed E-state index contributed by atoms with van der Waals surface area (Å²) in [4.78, 5) is 27.9. The summed E-state index contributed by atoms with van der Waals surface area (Å²) in [6.45, 7) is 0. The summed E-state index contributed by atoms with van der Waals surface area (Å²) in [5.74, 6) is 0.805. The standard InChI is InChI=1S/C18H20N2O6/c1-23-13-7-11(8-14(24-2)17(13)25-3)9-16(21)20-15-10-12(5-6-19-15)18(22)26-4/h5-8,10H,9H2,1-4H3,(H,19,20,21). The highest BCUT2D eigenvalue weighted by atomic mass is 16.5. The fourth-order valence-corrected chi connectivity index (χ4v) is 2.35. The molecule has 8 heteroatoms. The SMILES string of the molecule is COC(=O)c1ccnc(NC(=O)Cc2cc(OC)c(OC)c(OC)c2)c1. The second kappa shape index (κ2) is 8.70. The van der Waals surface area contributed by atoms with Crippen molar-refractivity contribution in [3.63, 3.8) is 0 Å². The maximum Gasteiger partial charge on any atom is 0.338 e. The Kier molecular flexibility index (Phi) is 6.37. The molecule has 0 atom stereocenters. The van der Waals surface area contributed by atoms with E-state index in [1.807, 2.05) is 0 Å². The van der Waals surface area contributed by atoms with Crippen LogP contribution >= 0.6 is 0 Å². The first kappa shape index (κ1) is 19.0. The van der Waals surface area contributed by atoms with Gasteiger partial charge in [-0.15, -0.1) is 0 Å². The molecule has 0 spiro atoms. The number of aromatic nitrogens is 1. The van der Waals surface area contributed by atoms with Crippen LogP contribution in [0.15, 0.2) is 30.5 Å². The Balaban J connectivity index is 2.16. The molecule has 0 aliphatic heterocycles. The number of methoxy groups -OCH3 is 4. The van der Waals surface area contributed by atoms with Gasteiger partial charge in [-0.1, -0.05) is 0 Å². The molecule has 8 nitrogen and oxygen atoms in total. The molecule has 1 heterocycles. The van der Waals surface area contributed by atoms with Crippen LogP contribution < -0.4 is 19.5 Å². The summed E-state index contributed by atoms with van der Waals surface area (Å²) in [6, 6.07) is 6.33. The fraction of sp³-hybridized carbons (Fsp3) is 0.278. The van der Waals surface area contributed by atoms with Crippen LogP contribution in [0.25, 0.3) is 0 Å². The predicted molar refractivity (Wildman–Crippen MR) is 94.0 cm³/mol. The van der Waals surface area contributed by atoms with Crippen molar-refractivity contribution in [2.75, 3.05) is 33.8 Å². The molecule has 0 unspecified atom stereocenters. The third kappa shape index (κ3) is 4.41. The molecule has 1 aromatic heterocycles. The molecule has 0 saturated heterocycles. The number of carbonyl (C=O) groups is 2. The lowest BCUT2D eigenvalue weighted by molar-refractivity contribution is -0.115. The zero-order valence-electron chi connectivity index (χ0n) is 15.0. The highest BCUT2D eigenvalue weighted by Gasteiger charge is 2.15. The average Bonchev–Trinajstić information content (AvgIpc) is 2.66. The number of hydrogen-bond acceptors (Lipinski definition) is 7. The quantitative estimate of drug-likeness (QED) is 0.755. The third-order valence-electron chi connectivity index (χ3n) is 3.54. The fourth-order valence-electron chi connectivity index (χ4n) is 2.35. The first-order valence-corrected chi connectivity index (χ1v) is 7.65. The number of hydrogen-bond donors (Lipinski definition) is 1. The molecule has 0 aliphatic carbocycles. The van der Waals surface area contributed by atoms with Crippen LogP contribution in [-0.4, -0.2) is 45.3 Å². The lowest BCUT2D eigenvalue weighted by Crippen LogP contribution is -2.16. The number of nitrogens with zero attached hydrogens (tertiary/aromatic N) is 1. The number of benzene rings is 1. The molecular weight excluding hydrogens is 340 g/mol. The predicted octanol–water partition coefficient (Wildman–Crippen LogP) is 2.08. The van der Waals surface area contributed by atoms with Gasteiger partial charge in [-0.2, -0.15) is 0 Å². The first-order valence-electron chi connectivity index (χ1n) is 7.65. The molecule has 0 bridgehead atoms. The lowest BCUT2D eigenvalue weighted by Gasteiger charge is -2.14. The van der Waals surface area contributed by atoms with Crippen LogP contribution in [0.1, 0.15) is 15.9 Å². The summed E-state index contributed by atoms with van der Waals surface area (Å²) in [6.07, 6.45) is 1.47. The van der Waals surface area contributed by atoms with E-state index in [1.54, 1.807) is 12.1 Å². The Morgan fingerprint density at radius 1 is 1.00 bits per heavy atom. The van der Waals surface area contributed by atoms with E-state index in [0.717, 1.165) is 0 Å². The minimum atomic E-state index is -0.507. The van der Waals surface area contributed by atoms with Crippen molar-refractivity contribution in [2.24, 2.45) is 0 Å². The Morgan fingerprint density at radius 2 is 1.65 bits per heavy atom. The maximum atomic E-state index is 12.3. The number of anilines is 1. The summed E-state index contributed by atoms with van der Waals surface area (Å²) in [5, 5.41) is 2.64.